The molecule has 0 radical (unpaired) electrons. The number of fused-ring (bicyclic) bond motifs is 7. The van der Waals surface area contributed by atoms with E-state index < -0.39 is 11.4 Å². The Kier molecular flexibility index (Phi) is 4.99. The second kappa shape index (κ2) is 6.89. The highest BCUT2D eigenvalue weighted by molar-refractivity contribution is 5.81. The summed E-state index contributed by atoms with van der Waals surface area (Å²) in [6.07, 6.45) is 12.6. The van der Waals surface area contributed by atoms with Crippen LogP contribution in [0.3, 0.4) is 0 Å². The Bertz CT molecular complexity index is 885. The average Bonchev–Trinajstić information content (AvgIpc) is 2.71. The zero-order chi connectivity index (χ0) is 24.2. The van der Waals surface area contributed by atoms with Crippen LogP contribution in [0.2, 0.25) is 0 Å². The normalized spacial score (nSPS) is 52.4. The maximum absolute atomic E-state index is 13.5. The van der Waals surface area contributed by atoms with Gasteiger partial charge in [0.15, 0.2) is 0 Å². The monoisotopic (exact) mass is 456 g/mol. The summed E-state index contributed by atoms with van der Waals surface area (Å²) in [7, 11) is 0. The van der Waals surface area contributed by atoms with Crippen molar-refractivity contribution in [2.24, 2.45) is 50.2 Å². The van der Waals surface area contributed by atoms with Gasteiger partial charge in [-0.15, -0.1) is 0 Å². The van der Waals surface area contributed by atoms with Crippen LogP contribution in [0.5, 0.6) is 0 Å². The molecule has 0 aromatic rings. The molecule has 0 aromatic heterocycles. The van der Waals surface area contributed by atoms with E-state index in [1.807, 2.05) is 0 Å². The first-order chi connectivity index (χ1) is 15.1. The highest BCUT2D eigenvalue weighted by Crippen LogP contribution is 2.75. The van der Waals surface area contributed by atoms with Gasteiger partial charge >= 0.3 is 5.97 Å². The van der Waals surface area contributed by atoms with Crippen LogP contribution in [0.25, 0.3) is 0 Å². The van der Waals surface area contributed by atoms with Crippen LogP contribution in [-0.4, -0.2) is 22.3 Å². The van der Waals surface area contributed by atoms with Crippen LogP contribution in [0.1, 0.15) is 113 Å². The fraction of sp³-hybridized carbons (Fsp3) is 0.900. The number of carboxylic acid groups (broad SMARTS) is 1. The number of aliphatic hydroxyl groups excluding tert-OH is 1. The number of hydrogen-bond donors (Lipinski definition) is 2. The predicted octanol–water partition coefficient (Wildman–Crippen LogP) is 7.23. The molecule has 0 heterocycles. The number of hydrogen-bond acceptors (Lipinski definition) is 2. The molecule has 5 rings (SSSR count). The third kappa shape index (κ3) is 2.87. The van der Waals surface area contributed by atoms with Gasteiger partial charge < -0.3 is 10.2 Å². The summed E-state index contributed by atoms with van der Waals surface area (Å²) < 4.78 is 0. The number of allylic oxidation sites excluding steroid dienone is 1. The van der Waals surface area contributed by atoms with Gasteiger partial charge in [-0.2, -0.15) is 0 Å². The Morgan fingerprint density at radius 1 is 0.879 bits per heavy atom. The lowest BCUT2D eigenvalue weighted by Crippen LogP contribution is -2.66. The Balaban J connectivity index is 1.64. The molecular weight excluding hydrogens is 408 g/mol. The van der Waals surface area contributed by atoms with Crippen molar-refractivity contribution in [3.63, 3.8) is 0 Å². The van der Waals surface area contributed by atoms with E-state index >= 15 is 0 Å². The zero-order valence-corrected chi connectivity index (χ0v) is 22.3. The summed E-state index contributed by atoms with van der Waals surface area (Å²) in [5.41, 5.74) is 0.906. The third-order valence-electron chi connectivity index (χ3n) is 12.9. The standard InChI is InChI=1S/C30H48O3/c1-25(2)14-15-27(5)16-17-30(24(32)33)19(20(27)18-25)8-9-22-28(6)12-11-23(31)26(3,4)21(28)10-13-29(22,30)7/h8,20-23,31H,9-18H2,1-7H3,(H,32,33)/t20-,21?,22-,23+,27-,28+,29-,30-/m1/s1. The lowest BCUT2D eigenvalue weighted by Gasteiger charge is -2.70. The molecular formula is C30H48O3. The Morgan fingerprint density at radius 2 is 1.55 bits per heavy atom. The van der Waals surface area contributed by atoms with E-state index in [1.54, 1.807) is 0 Å². The van der Waals surface area contributed by atoms with E-state index in [0.29, 0.717) is 17.8 Å². The molecule has 33 heavy (non-hydrogen) atoms. The summed E-state index contributed by atoms with van der Waals surface area (Å²) in [5, 5.41) is 22.0. The van der Waals surface area contributed by atoms with Crippen LogP contribution < -0.4 is 0 Å². The van der Waals surface area contributed by atoms with Gasteiger partial charge in [0, 0.05) is 0 Å². The maximum Gasteiger partial charge on any atom is 0.314 e. The minimum absolute atomic E-state index is 0.0901. The van der Waals surface area contributed by atoms with Crippen molar-refractivity contribution in [1.82, 2.24) is 0 Å². The maximum atomic E-state index is 13.5. The second-order valence-corrected chi connectivity index (χ2v) is 15.1. The highest BCUT2D eigenvalue weighted by atomic mass is 16.4. The molecule has 0 aliphatic heterocycles. The minimum Gasteiger partial charge on any atom is -0.481 e. The van der Waals surface area contributed by atoms with Crippen molar-refractivity contribution in [1.29, 1.82) is 0 Å². The molecule has 5 aliphatic rings. The van der Waals surface area contributed by atoms with Gasteiger partial charge in [0.05, 0.1) is 11.5 Å². The first-order valence-corrected chi connectivity index (χ1v) is 13.8. The van der Waals surface area contributed by atoms with Crippen molar-refractivity contribution >= 4 is 5.97 Å². The molecule has 4 fully saturated rings. The molecule has 5 aliphatic carbocycles. The minimum atomic E-state index is -0.721. The van der Waals surface area contributed by atoms with Gasteiger partial charge in [-0.1, -0.05) is 60.1 Å². The summed E-state index contributed by atoms with van der Waals surface area (Å²) in [6, 6.07) is 0. The van der Waals surface area contributed by atoms with Gasteiger partial charge in [0.1, 0.15) is 0 Å². The van der Waals surface area contributed by atoms with Gasteiger partial charge in [0.2, 0.25) is 0 Å². The number of rotatable bonds is 1. The van der Waals surface area contributed by atoms with Gasteiger partial charge in [-0.25, -0.2) is 0 Å². The molecule has 8 atom stereocenters. The SMILES string of the molecule is CC1(C)CC[C@]2(C)CC[C@]3(C(=O)O)C(=CC[C@@H]4[C@@]5(C)CC[C@H](O)C(C)(C)C5CC[C@]43C)[C@H]2C1. The van der Waals surface area contributed by atoms with Gasteiger partial charge in [-0.3, -0.25) is 4.79 Å². The van der Waals surface area contributed by atoms with Crippen LogP contribution in [-0.2, 0) is 4.79 Å². The zero-order valence-electron chi connectivity index (χ0n) is 22.3. The Hall–Kier alpha value is -0.830. The van der Waals surface area contributed by atoms with Crippen molar-refractivity contribution in [3.05, 3.63) is 11.6 Å². The summed E-state index contributed by atoms with van der Waals surface area (Å²) in [4.78, 5) is 13.5. The quantitative estimate of drug-likeness (QED) is 0.409. The smallest absolute Gasteiger partial charge is 0.314 e. The van der Waals surface area contributed by atoms with E-state index in [1.165, 1.54) is 18.4 Å². The number of aliphatic carboxylic acids is 1. The molecule has 3 heteroatoms. The van der Waals surface area contributed by atoms with E-state index in [9.17, 15) is 15.0 Å². The van der Waals surface area contributed by atoms with E-state index in [-0.39, 0.29) is 33.2 Å². The fourth-order valence-corrected chi connectivity index (χ4v) is 10.6. The molecule has 4 saturated carbocycles. The molecule has 1 unspecified atom stereocenters. The average molecular weight is 457 g/mol. The highest BCUT2D eigenvalue weighted by Gasteiger charge is 2.71. The molecule has 186 valence electrons. The molecule has 0 bridgehead atoms. The Labute approximate surface area is 201 Å². The van der Waals surface area contributed by atoms with Crippen molar-refractivity contribution in [2.45, 2.75) is 119 Å². The molecule has 2 N–H and O–H groups in total. The summed E-state index contributed by atoms with van der Waals surface area (Å²) in [5.74, 6) is 0.675. The first kappa shape index (κ1) is 23.9. The number of aliphatic hydroxyl groups is 1. The molecule has 0 spiro atoms. The summed E-state index contributed by atoms with van der Waals surface area (Å²) >= 11 is 0. The predicted molar refractivity (Wildman–Crippen MR) is 133 cm³/mol. The topological polar surface area (TPSA) is 57.5 Å². The first-order valence-electron chi connectivity index (χ1n) is 13.8. The fourth-order valence-electron chi connectivity index (χ4n) is 10.6. The van der Waals surface area contributed by atoms with Crippen LogP contribution in [0, 0.1) is 50.2 Å². The summed E-state index contributed by atoms with van der Waals surface area (Å²) in [6.45, 7) is 16.6. The molecule has 3 nitrogen and oxygen atoms in total. The van der Waals surface area contributed by atoms with E-state index in [4.69, 9.17) is 0 Å². The largest absolute Gasteiger partial charge is 0.481 e. The number of carbonyl (C=O) groups is 1. The Morgan fingerprint density at radius 3 is 2.21 bits per heavy atom. The second-order valence-electron chi connectivity index (χ2n) is 15.1. The van der Waals surface area contributed by atoms with Crippen LogP contribution in [0.4, 0.5) is 0 Å². The van der Waals surface area contributed by atoms with Crippen LogP contribution in [0.15, 0.2) is 11.6 Å². The van der Waals surface area contributed by atoms with Crippen LogP contribution >= 0.6 is 0 Å². The third-order valence-corrected chi connectivity index (χ3v) is 12.9. The molecule has 0 aromatic carbocycles. The van der Waals surface area contributed by atoms with E-state index in [2.05, 4.69) is 54.5 Å². The lowest BCUT2D eigenvalue weighted by molar-refractivity contribution is -0.213. The molecule has 0 saturated heterocycles. The van der Waals surface area contributed by atoms with Gasteiger partial charge in [0.25, 0.3) is 0 Å². The lowest BCUT2D eigenvalue weighted by atomic mass is 9.33. The van der Waals surface area contributed by atoms with Crippen molar-refractivity contribution in [3.8, 4) is 0 Å². The van der Waals surface area contributed by atoms with Crippen molar-refractivity contribution < 1.29 is 15.0 Å². The van der Waals surface area contributed by atoms with Crippen molar-refractivity contribution in [2.75, 3.05) is 0 Å². The van der Waals surface area contributed by atoms with Gasteiger partial charge in [-0.05, 0) is 109 Å². The van der Waals surface area contributed by atoms with E-state index in [0.717, 1.165) is 51.4 Å². The molecule has 0 amide bonds. The number of carboxylic acids is 1.